The van der Waals surface area contributed by atoms with E-state index in [1.54, 1.807) is 10.9 Å². The van der Waals surface area contributed by atoms with Crippen LogP contribution in [-0.2, 0) is 21.4 Å². The van der Waals surface area contributed by atoms with Crippen molar-refractivity contribution in [3.8, 4) is 0 Å². The minimum Gasteiger partial charge on any atom is -0.481 e. The van der Waals surface area contributed by atoms with E-state index in [2.05, 4.69) is 10.4 Å². The molecule has 2 aliphatic rings. The van der Waals surface area contributed by atoms with Gasteiger partial charge in [0.1, 0.15) is 0 Å². The summed E-state index contributed by atoms with van der Waals surface area (Å²) in [4.78, 5) is 24.0. The van der Waals surface area contributed by atoms with Crippen LogP contribution in [0.1, 0.15) is 37.1 Å². The van der Waals surface area contributed by atoms with Crippen LogP contribution in [0.2, 0.25) is 0 Å². The molecule has 1 amide bonds. The molecule has 0 unspecified atom stereocenters. The van der Waals surface area contributed by atoms with Crippen molar-refractivity contribution in [2.75, 3.05) is 0 Å². The minimum absolute atomic E-state index is 0.213. The summed E-state index contributed by atoms with van der Waals surface area (Å²) in [6, 6.07) is -0.213. The molecule has 5 atom stereocenters. The molecular formula is C15H21N3O4. The Kier molecular flexibility index (Phi) is 3.68. The van der Waals surface area contributed by atoms with E-state index >= 15 is 0 Å². The quantitative estimate of drug-likeness (QED) is 0.857. The molecule has 22 heavy (non-hydrogen) atoms. The van der Waals surface area contributed by atoms with E-state index < -0.39 is 17.8 Å². The van der Waals surface area contributed by atoms with Gasteiger partial charge in [-0.05, 0) is 26.7 Å². The highest BCUT2D eigenvalue weighted by atomic mass is 16.5. The van der Waals surface area contributed by atoms with Gasteiger partial charge in [-0.1, -0.05) is 0 Å². The van der Waals surface area contributed by atoms with Crippen LogP contribution in [0.5, 0.6) is 0 Å². The Morgan fingerprint density at radius 1 is 1.41 bits per heavy atom. The third-order valence-electron chi connectivity index (χ3n) is 4.96. The lowest BCUT2D eigenvalue weighted by Gasteiger charge is -2.25. The summed E-state index contributed by atoms with van der Waals surface area (Å²) in [5.74, 6) is -2.52. The first-order chi connectivity index (χ1) is 10.4. The highest BCUT2D eigenvalue weighted by molar-refractivity contribution is 5.86. The Bertz CT molecular complexity index is 612. The van der Waals surface area contributed by atoms with Gasteiger partial charge in [0.25, 0.3) is 0 Å². The van der Waals surface area contributed by atoms with Crippen molar-refractivity contribution in [1.29, 1.82) is 0 Å². The standard InChI is InChI=1S/C15H21N3O4/c1-7(9-6-16-18(3)8(9)2)17-14(19)12-10-4-5-11(22-10)13(12)15(20)21/h6-7,10-13H,4-5H2,1-3H3,(H,17,19)(H,20,21)/t7-,10+,11+,12-,13-/m0/s1. The number of carboxylic acid groups (broad SMARTS) is 1. The zero-order valence-corrected chi connectivity index (χ0v) is 12.9. The maximum absolute atomic E-state index is 12.6. The smallest absolute Gasteiger partial charge is 0.310 e. The fourth-order valence-electron chi connectivity index (χ4n) is 3.65. The molecule has 2 saturated heterocycles. The van der Waals surface area contributed by atoms with E-state index in [1.165, 1.54) is 0 Å². The van der Waals surface area contributed by atoms with Crippen molar-refractivity contribution >= 4 is 11.9 Å². The number of amides is 1. The van der Waals surface area contributed by atoms with Crippen molar-refractivity contribution in [1.82, 2.24) is 15.1 Å². The number of aromatic nitrogens is 2. The van der Waals surface area contributed by atoms with Gasteiger partial charge < -0.3 is 15.2 Å². The van der Waals surface area contributed by atoms with Crippen LogP contribution < -0.4 is 5.32 Å². The Morgan fingerprint density at radius 2 is 2.05 bits per heavy atom. The van der Waals surface area contributed by atoms with E-state index in [0.29, 0.717) is 0 Å². The van der Waals surface area contributed by atoms with E-state index in [0.717, 1.165) is 24.1 Å². The summed E-state index contributed by atoms with van der Waals surface area (Å²) >= 11 is 0. The largest absolute Gasteiger partial charge is 0.481 e. The second-order valence-corrected chi connectivity index (χ2v) is 6.22. The Labute approximate surface area is 128 Å². The van der Waals surface area contributed by atoms with Gasteiger partial charge in [0.05, 0.1) is 36.3 Å². The summed E-state index contributed by atoms with van der Waals surface area (Å²) < 4.78 is 7.39. The number of aryl methyl sites for hydroxylation is 1. The van der Waals surface area contributed by atoms with Crippen LogP contribution in [0.15, 0.2) is 6.20 Å². The summed E-state index contributed by atoms with van der Waals surface area (Å²) in [5.41, 5.74) is 1.92. The van der Waals surface area contributed by atoms with Crippen LogP contribution in [0, 0.1) is 18.8 Å². The highest BCUT2D eigenvalue weighted by Crippen LogP contribution is 2.43. The zero-order valence-electron chi connectivity index (χ0n) is 12.9. The molecular weight excluding hydrogens is 286 g/mol. The Morgan fingerprint density at radius 3 is 2.59 bits per heavy atom. The highest BCUT2D eigenvalue weighted by Gasteiger charge is 2.55. The summed E-state index contributed by atoms with van der Waals surface area (Å²) in [6.45, 7) is 3.82. The van der Waals surface area contributed by atoms with Crippen molar-refractivity contribution in [3.63, 3.8) is 0 Å². The minimum atomic E-state index is -0.947. The van der Waals surface area contributed by atoms with Crippen molar-refractivity contribution in [2.24, 2.45) is 18.9 Å². The number of carbonyl (C=O) groups is 2. The summed E-state index contributed by atoms with van der Waals surface area (Å²) in [6.07, 6.45) is 2.61. The molecule has 7 heteroatoms. The van der Waals surface area contributed by atoms with Gasteiger partial charge >= 0.3 is 5.97 Å². The molecule has 7 nitrogen and oxygen atoms in total. The van der Waals surface area contributed by atoms with Crippen molar-refractivity contribution < 1.29 is 19.4 Å². The number of carbonyl (C=O) groups excluding carboxylic acids is 1. The average molecular weight is 307 g/mol. The molecule has 0 radical (unpaired) electrons. The SMILES string of the molecule is Cc1c([C@H](C)NC(=O)[C@@H]2[C@@H](C(=O)O)[C@H]3CC[C@H]2O3)cnn1C. The molecule has 3 rings (SSSR count). The maximum Gasteiger partial charge on any atom is 0.310 e. The normalized spacial score (nSPS) is 31.2. The van der Waals surface area contributed by atoms with E-state index in [4.69, 9.17) is 4.74 Å². The molecule has 3 heterocycles. The van der Waals surface area contributed by atoms with Gasteiger partial charge in [-0.25, -0.2) is 0 Å². The Hall–Kier alpha value is -1.89. The number of rotatable bonds is 4. The molecule has 1 aromatic rings. The van der Waals surface area contributed by atoms with Gasteiger partial charge in [-0.15, -0.1) is 0 Å². The topological polar surface area (TPSA) is 93.5 Å². The molecule has 0 saturated carbocycles. The number of aliphatic carboxylic acids is 1. The fourth-order valence-corrected chi connectivity index (χ4v) is 3.65. The number of hydrogen-bond donors (Lipinski definition) is 2. The molecule has 120 valence electrons. The Balaban J connectivity index is 1.74. The summed E-state index contributed by atoms with van der Waals surface area (Å²) in [7, 11) is 1.84. The molecule has 2 N–H and O–H groups in total. The monoisotopic (exact) mass is 307 g/mol. The number of fused-ring (bicyclic) bond motifs is 2. The maximum atomic E-state index is 12.6. The zero-order chi connectivity index (χ0) is 16.0. The lowest BCUT2D eigenvalue weighted by Crippen LogP contribution is -2.44. The predicted molar refractivity (Wildman–Crippen MR) is 77.0 cm³/mol. The molecule has 2 fully saturated rings. The van der Waals surface area contributed by atoms with Crippen molar-refractivity contribution in [3.05, 3.63) is 17.5 Å². The first kappa shape index (κ1) is 15.0. The number of nitrogens with zero attached hydrogens (tertiary/aromatic N) is 2. The van der Waals surface area contributed by atoms with Crippen LogP contribution in [0.4, 0.5) is 0 Å². The van der Waals surface area contributed by atoms with E-state index in [1.807, 2.05) is 20.9 Å². The molecule has 0 aromatic carbocycles. The van der Waals surface area contributed by atoms with Crippen LogP contribution in [0.25, 0.3) is 0 Å². The molecule has 1 aromatic heterocycles. The van der Waals surface area contributed by atoms with Gasteiger partial charge in [0.15, 0.2) is 0 Å². The van der Waals surface area contributed by atoms with Crippen LogP contribution >= 0.6 is 0 Å². The number of carboxylic acids is 1. The van der Waals surface area contributed by atoms with Gasteiger partial charge in [0, 0.05) is 18.3 Å². The van der Waals surface area contributed by atoms with E-state index in [-0.39, 0.29) is 24.2 Å². The van der Waals surface area contributed by atoms with Crippen LogP contribution in [-0.4, -0.2) is 39.0 Å². The second-order valence-electron chi connectivity index (χ2n) is 6.22. The first-order valence-corrected chi connectivity index (χ1v) is 7.57. The second kappa shape index (κ2) is 5.39. The number of hydrogen-bond acceptors (Lipinski definition) is 4. The molecule has 2 bridgehead atoms. The van der Waals surface area contributed by atoms with Crippen LogP contribution in [0.3, 0.4) is 0 Å². The third-order valence-corrected chi connectivity index (χ3v) is 4.96. The van der Waals surface area contributed by atoms with Crippen molar-refractivity contribution in [2.45, 2.75) is 44.9 Å². The first-order valence-electron chi connectivity index (χ1n) is 7.57. The fraction of sp³-hybridized carbons (Fsp3) is 0.667. The molecule has 0 spiro atoms. The lowest BCUT2D eigenvalue weighted by atomic mass is 9.78. The van der Waals surface area contributed by atoms with E-state index in [9.17, 15) is 14.7 Å². The third kappa shape index (κ3) is 2.29. The molecule has 0 aliphatic carbocycles. The predicted octanol–water partition coefficient (Wildman–Crippen LogP) is 0.784. The van der Waals surface area contributed by atoms with Gasteiger partial charge in [-0.2, -0.15) is 5.10 Å². The summed E-state index contributed by atoms with van der Waals surface area (Å²) in [5, 5.41) is 16.5. The molecule has 2 aliphatic heterocycles. The van der Waals surface area contributed by atoms with Gasteiger partial charge in [-0.3, -0.25) is 14.3 Å². The average Bonchev–Trinajstić information content (AvgIpc) is 3.14. The lowest BCUT2D eigenvalue weighted by molar-refractivity contribution is -0.148. The number of ether oxygens (including phenoxy) is 1. The van der Waals surface area contributed by atoms with Gasteiger partial charge in [0.2, 0.25) is 5.91 Å². The number of nitrogens with one attached hydrogen (secondary N) is 1.